The van der Waals surface area contributed by atoms with Crippen molar-refractivity contribution in [2.75, 3.05) is 13.2 Å². The lowest BCUT2D eigenvalue weighted by atomic mass is 10.1. The quantitative estimate of drug-likeness (QED) is 0.201. The summed E-state index contributed by atoms with van der Waals surface area (Å²) in [7, 11) is -8.41. The maximum Gasteiger partial charge on any atom is 0.527 e. The van der Waals surface area contributed by atoms with E-state index in [2.05, 4.69) is 23.7 Å². The van der Waals surface area contributed by atoms with Crippen molar-refractivity contribution in [3.63, 3.8) is 0 Å². The first-order valence-corrected chi connectivity index (χ1v) is 13.8. The van der Waals surface area contributed by atoms with Crippen LogP contribution in [0.4, 0.5) is 0 Å². The van der Waals surface area contributed by atoms with Gasteiger partial charge in [0.25, 0.3) is 0 Å². The number of para-hydroxylation sites is 2. The predicted molar refractivity (Wildman–Crippen MR) is 135 cm³/mol. The summed E-state index contributed by atoms with van der Waals surface area (Å²) in [4.78, 5) is 19.5. The standard InChI is InChI=1S/C26H24O8P2/c27-35(28,33-25-13-3-1-4-14-25)31-21-9-7-11-23-17-19-24(20-18-23)12-8-10-22-32-36(29,30)34-26-15-5-2-6-16-26/h1-6,13-20H,9-10,21-22H2,(H,27,28)(H,29,30). The van der Waals surface area contributed by atoms with Crippen LogP contribution in [0.15, 0.2) is 84.9 Å². The summed E-state index contributed by atoms with van der Waals surface area (Å²) < 4.78 is 43.6. The molecule has 0 aromatic heterocycles. The van der Waals surface area contributed by atoms with E-state index in [0.717, 1.165) is 11.1 Å². The van der Waals surface area contributed by atoms with E-state index < -0.39 is 15.6 Å². The topological polar surface area (TPSA) is 112 Å². The maximum absolute atomic E-state index is 11.9. The van der Waals surface area contributed by atoms with E-state index in [1.165, 1.54) is 0 Å². The van der Waals surface area contributed by atoms with E-state index in [9.17, 15) is 18.9 Å². The van der Waals surface area contributed by atoms with Crippen LogP contribution in [0, 0.1) is 23.7 Å². The lowest BCUT2D eigenvalue weighted by Gasteiger charge is -2.11. The van der Waals surface area contributed by atoms with Gasteiger partial charge in [0.1, 0.15) is 11.5 Å². The van der Waals surface area contributed by atoms with Crippen LogP contribution >= 0.6 is 15.6 Å². The van der Waals surface area contributed by atoms with Gasteiger partial charge in [0, 0.05) is 24.0 Å². The Morgan fingerprint density at radius 3 is 1.31 bits per heavy atom. The Morgan fingerprint density at radius 1 is 0.583 bits per heavy atom. The van der Waals surface area contributed by atoms with Gasteiger partial charge in [-0.25, -0.2) is 9.13 Å². The monoisotopic (exact) mass is 526 g/mol. The van der Waals surface area contributed by atoms with Gasteiger partial charge in [0.05, 0.1) is 13.2 Å². The van der Waals surface area contributed by atoms with Crippen LogP contribution in [0.25, 0.3) is 0 Å². The number of hydrogen-bond acceptors (Lipinski definition) is 6. The first kappa shape index (κ1) is 27.3. The third-order valence-electron chi connectivity index (χ3n) is 4.24. The van der Waals surface area contributed by atoms with Gasteiger partial charge in [-0.05, 0) is 48.5 Å². The van der Waals surface area contributed by atoms with Crippen LogP contribution < -0.4 is 9.05 Å². The van der Waals surface area contributed by atoms with Crippen molar-refractivity contribution < 1.29 is 37.0 Å². The molecule has 0 amide bonds. The van der Waals surface area contributed by atoms with E-state index in [1.54, 1.807) is 84.9 Å². The maximum atomic E-state index is 11.9. The average Bonchev–Trinajstić information content (AvgIpc) is 2.85. The minimum atomic E-state index is -4.20. The van der Waals surface area contributed by atoms with Gasteiger partial charge in [0.15, 0.2) is 0 Å². The molecule has 0 aliphatic heterocycles. The molecule has 0 fully saturated rings. The molecule has 3 rings (SSSR count). The van der Waals surface area contributed by atoms with Crippen LogP contribution in [0.1, 0.15) is 24.0 Å². The van der Waals surface area contributed by atoms with Gasteiger partial charge in [-0.2, -0.15) is 0 Å². The van der Waals surface area contributed by atoms with Crippen molar-refractivity contribution in [3.05, 3.63) is 96.1 Å². The fourth-order valence-corrected chi connectivity index (χ4v) is 4.20. The molecule has 2 atom stereocenters. The molecule has 10 heteroatoms. The fraction of sp³-hybridized carbons (Fsp3) is 0.154. The van der Waals surface area contributed by atoms with Crippen molar-refractivity contribution in [1.82, 2.24) is 0 Å². The highest BCUT2D eigenvalue weighted by atomic mass is 31.2. The second kappa shape index (κ2) is 13.7. The highest BCUT2D eigenvalue weighted by molar-refractivity contribution is 7.48. The summed E-state index contributed by atoms with van der Waals surface area (Å²) in [6.07, 6.45) is 0.486. The number of phosphoric ester groups is 2. The average molecular weight is 526 g/mol. The molecule has 0 saturated carbocycles. The Labute approximate surface area is 210 Å². The molecule has 186 valence electrons. The smallest absolute Gasteiger partial charge is 0.404 e. The molecule has 0 spiro atoms. The summed E-state index contributed by atoms with van der Waals surface area (Å²) in [6.45, 7) is -0.118. The summed E-state index contributed by atoms with van der Waals surface area (Å²) in [5, 5.41) is 0. The first-order valence-electron chi connectivity index (χ1n) is 10.8. The van der Waals surface area contributed by atoms with Gasteiger partial charge >= 0.3 is 15.6 Å². The Bertz CT molecular complexity index is 1220. The molecule has 8 nitrogen and oxygen atoms in total. The van der Waals surface area contributed by atoms with E-state index in [4.69, 9.17) is 18.1 Å². The van der Waals surface area contributed by atoms with Crippen LogP contribution in [0.2, 0.25) is 0 Å². The number of benzene rings is 3. The normalized spacial score (nSPS) is 13.6. The summed E-state index contributed by atoms with van der Waals surface area (Å²) in [5.74, 6) is 12.1. The molecule has 0 aliphatic carbocycles. The Morgan fingerprint density at radius 2 is 0.944 bits per heavy atom. The SMILES string of the molecule is O=P(O)(OCCC#Cc1ccc(C#CCCOP(=O)(O)Oc2ccccc2)cc1)Oc1ccccc1. The van der Waals surface area contributed by atoms with Crippen LogP contribution in [0.3, 0.4) is 0 Å². The molecule has 0 aliphatic rings. The summed E-state index contributed by atoms with van der Waals surface area (Å²) >= 11 is 0. The summed E-state index contributed by atoms with van der Waals surface area (Å²) in [5.41, 5.74) is 1.49. The predicted octanol–water partition coefficient (Wildman–Crippen LogP) is 5.56. The van der Waals surface area contributed by atoms with Gasteiger partial charge in [-0.3, -0.25) is 18.8 Å². The Balaban J connectivity index is 1.37. The molecule has 2 unspecified atom stereocenters. The van der Waals surface area contributed by atoms with Crippen LogP contribution in [-0.4, -0.2) is 23.0 Å². The minimum Gasteiger partial charge on any atom is -0.404 e. The second-order valence-electron chi connectivity index (χ2n) is 7.09. The number of hydrogen-bond donors (Lipinski definition) is 2. The zero-order valence-corrected chi connectivity index (χ0v) is 20.9. The van der Waals surface area contributed by atoms with Gasteiger partial charge < -0.3 is 9.05 Å². The second-order valence-corrected chi connectivity index (χ2v) is 9.85. The Hall–Kier alpha value is -3.32. The third kappa shape index (κ3) is 10.5. The van der Waals surface area contributed by atoms with Crippen molar-refractivity contribution in [1.29, 1.82) is 0 Å². The van der Waals surface area contributed by atoms with Crippen LogP contribution in [-0.2, 0) is 18.2 Å². The third-order valence-corrected chi connectivity index (χ3v) is 6.14. The number of rotatable bonds is 10. The lowest BCUT2D eigenvalue weighted by Crippen LogP contribution is -1.98. The highest BCUT2D eigenvalue weighted by Crippen LogP contribution is 2.44. The van der Waals surface area contributed by atoms with E-state index in [1.807, 2.05) is 0 Å². The fourth-order valence-electron chi connectivity index (χ4n) is 2.67. The van der Waals surface area contributed by atoms with Crippen molar-refractivity contribution >= 4 is 15.6 Å². The van der Waals surface area contributed by atoms with Gasteiger partial charge in [-0.1, -0.05) is 60.1 Å². The van der Waals surface area contributed by atoms with Crippen LogP contribution in [0.5, 0.6) is 11.5 Å². The molecule has 0 radical (unpaired) electrons. The van der Waals surface area contributed by atoms with Gasteiger partial charge in [0.2, 0.25) is 0 Å². The molecule has 0 heterocycles. The van der Waals surface area contributed by atoms with Crippen molar-refractivity contribution in [2.45, 2.75) is 12.8 Å². The Kier molecular flexibility index (Phi) is 10.4. The molecule has 3 aromatic rings. The van der Waals surface area contributed by atoms with Crippen molar-refractivity contribution in [2.24, 2.45) is 0 Å². The molecule has 36 heavy (non-hydrogen) atoms. The molecule has 3 aromatic carbocycles. The first-order chi connectivity index (χ1) is 17.3. The zero-order chi connectivity index (χ0) is 25.7. The zero-order valence-electron chi connectivity index (χ0n) is 19.1. The minimum absolute atomic E-state index is 0.0591. The van der Waals surface area contributed by atoms with Gasteiger partial charge in [-0.15, -0.1) is 0 Å². The van der Waals surface area contributed by atoms with E-state index in [0.29, 0.717) is 0 Å². The molecule has 2 N–H and O–H groups in total. The lowest BCUT2D eigenvalue weighted by molar-refractivity contribution is 0.206. The number of phosphoric acid groups is 2. The molecule has 0 bridgehead atoms. The van der Waals surface area contributed by atoms with E-state index in [-0.39, 0.29) is 37.6 Å². The highest BCUT2D eigenvalue weighted by Gasteiger charge is 2.23. The summed E-state index contributed by atoms with van der Waals surface area (Å²) in [6, 6.07) is 23.7. The molecular weight excluding hydrogens is 502 g/mol. The van der Waals surface area contributed by atoms with E-state index >= 15 is 0 Å². The molecular formula is C26H24O8P2. The van der Waals surface area contributed by atoms with Crippen molar-refractivity contribution in [3.8, 4) is 35.2 Å². The molecule has 0 saturated heterocycles. The largest absolute Gasteiger partial charge is 0.527 e.